The predicted octanol–water partition coefficient (Wildman–Crippen LogP) is 4.68. The molecule has 2 rings (SSSR count). The first-order valence-electron chi connectivity index (χ1n) is 9.08. The van der Waals surface area contributed by atoms with Gasteiger partial charge in [0.2, 0.25) is 0 Å². The largest absolute Gasteiger partial charge is 0.493 e. The van der Waals surface area contributed by atoms with Crippen molar-refractivity contribution in [3.05, 3.63) is 83.6 Å². The third-order valence-electron chi connectivity index (χ3n) is 3.81. The third-order valence-corrected chi connectivity index (χ3v) is 4.69. The zero-order chi connectivity index (χ0) is 23.2. The fourth-order valence-electron chi connectivity index (χ4n) is 2.74. The van der Waals surface area contributed by atoms with Crippen LogP contribution in [-0.4, -0.2) is 22.8 Å². The Morgan fingerprint density at radius 3 is 2.61 bits per heavy atom. The van der Waals surface area contributed by atoms with E-state index >= 15 is 0 Å². The molecule has 0 saturated carbocycles. The number of benzene rings is 2. The van der Waals surface area contributed by atoms with Crippen LogP contribution in [0.2, 0.25) is 0 Å². The number of anilines is 1. The Balaban J connectivity index is 2.42. The van der Waals surface area contributed by atoms with Gasteiger partial charge >= 0.3 is 0 Å². The van der Waals surface area contributed by atoms with Crippen LogP contribution in [0.4, 0.5) is 18.9 Å². The van der Waals surface area contributed by atoms with Crippen molar-refractivity contribution in [3.63, 3.8) is 0 Å². The summed E-state index contributed by atoms with van der Waals surface area (Å²) in [6.45, 7) is 5.59. The number of nitrogens with two attached hydrogens (primary N) is 1. The van der Waals surface area contributed by atoms with Crippen molar-refractivity contribution in [3.8, 4) is 5.75 Å². The maximum atomic E-state index is 14.5. The molecule has 10 heteroatoms. The van der Waals surface area contributed by atoms with Gasteiger partial charge in [0.1, 0.15) is 28.9 Å². The SMILES string of the molecule is C=C(N=C(/C(F)=C\N)c1ccc(F)cc1OCC)Nc1cc(F)cc(CS(C)(=N)=O)c1. The van der Waals surface area contributed by atoms with Crippen molar-refractivity contribution in [2.24, 2.45) is 10.7 Å². The maximum absolute atomic E-state index is 14.5. The smallest absolute Gasteiger partial charge is 0.165 e. The second-order valence-corrected chi connectivity index (χ2v) is 8.92. The van der Waals surface area contributed by atoms with E-state index in [1.54, 1.807) is 6.92 Å². The second-order valence-electron chi connectivity index (χ2n) is 6.62. The van der Waals surface area contributed by atoms with Gasteiger partial charge in [-0.25, -0.2) is 22.4 Å². The first-order chi connectivity index (χ1) is 14.5. The molecule has 1 unspecified atom stereocenters. The molecule has 4 N–H and O–H groups in total. The minimum Gasteiger partial charge on any atom is -0.493 e. The Hall–Kier alpha value is -3.27. The highest BCUT2D eigenvalue weighted by molar-refractivity contribution is 7.90. The topological polar surface area (TPSA) is 101 Å². The lowest BCUT2D eigenvalue weighted by Gasteiger charge is -2.13. The number of rotatable bonds is 9. The van der Waals surface area contributed by atoms with E-state index in [1.165, 1.54) is 24.5 Å². The average Bonchev–Trinajstić information content (AvgIpc) is 2.64. The van der Waals surface area contributed by atoms with Crippen molar-refractivity contribution < 1.29 is 22.1 Å². The van der Waals surface area contributed by atoms with Crippen molar-refractivity contribution in [2.75, 3.05) is 18.2 Å². The van der Waals surface area contributed by atoms with Crippen LogP contribution in [0.25, 0.3) is 0 Å². The van der Waals surface area contributed by atoms with E-state index in [4.69, 9.17) is 15.3 Å². The molecule has 0 fully saturated rings. The first-order valence-corrected chi connectivity index (χ1v) is 11.2. The van der Waals surface area contributed by atoms with E-state index in [1.807, 2.05) is 0 Å². The van der Waals surface area contributed by atoms with Crippen LogP contribution in [0.3, 0.4) is 0 Å². The number of hydrogen-bond donors (Lipinski definition) is 3. The number of allylic oxidation sites excluding steroid dienone is 1. The minimum absolute atomic E-state index is 0.0623. The molecule has 31 heavy (non-hydrogen) atoms. The highest BCUT2D eigenvalue weighted by atomic mass is 32.2. The highest BCUT2D eigenvalue weighted by Gasteiger charge is 2.17. The summed E-state index contributed by atoms with van der Waals surface area (Å²) in [5.74, 6) is -2.25. The van der Waals surface area contributed by atoms with Crippen LogP contribution in [0.15, 0.2) is 65.8 Å². The molecule has 0 heterocycles. The molecule has 0 saturated heterocycles. The van der Waals surface area contributed by atoms with E-state index in [0.717, 1.165) is 18.2 Å². The standard InChI is InChI=1S/C21H23F3N4O2S/c1-4-30-20-10-15(22)5-6-18(20)21(19(24)11-25)28-13(2)27-17-8-14(7-16(23)9-17)12-31(3,26)29/h5-11,26-27H,2,4,12,25H2,1,3H3/b19-11+,28-21?. The number of nitrogens with one attached hydrogen (secondary N) is 2. The molecule has 0 bridgehead atoms. The molecule has 0 spiro atoms. The molecule has 0 radical (unpaired) electrons. The molecule has 0 amide bonds. The van der Waals surface area contributed by atoms with Crippen molar-refractivity contribution in [1.82, 2.24) is 0 Å². The molecule has 6 nitrogen and oxygen atoms in total. The summed E-state index contributed by atoms with van der Waals surface area (Å²) in [6, 6.07) is 7.31. The lowest BCUT2D eigenvalue weighted by Crippen LogP contribution is -2.10. The quantitative estimate of drug-likeness (QED) is 0.481. The Kier molecular flexibility index (Phi) is 7.87. The van der Waals surface area contributed by atoms with Crippen LogP contribution in [0.1, 0.15) is 18.1 Å². The van der Waals surface area contributed by atoms with Gasteiger partial charge in [0.05, 0.1) is 12.4 Å². The maximum Gasteiger partial charge on any atom is 0.165 e. The lowest BCUT2D eigenvalue weighted by atomic mass is 10.1. The van der Waals surface area contributed by atoms with E-state index in [9.17, 15) is 17.4 Å². The molecule has 2 aromatic rings. The normalized spacial score (nSPS) is 14.1. The molecular weight excluding hydrogens is 429 g/mol. The van der Waals surface area contributed by atoms with Crippen LogP contribution >= 0.6 is 0 Å². The van der Waals surface area contributed by atoms with Gasteiger partial charge in [0.25, 0.3) is 0 Å². The lowest BCUT2D eigenvalue weighted by molar-refractivity contribution is 0.337. The van der Waals surface area contributed by atoms with Crippen molar-refractivity contribution in [1.29, 1.82) is 4.78 Å². The summed E-state index contributed by atoms with van der Waals surface area (Å²) in [4.78, 5) is 4.09. The fraction of sp³-hybridized carbons (Fsp3) is 0.190. The van der Waals surface area contributed by atoms with Crippen LogP contribution in [-0.2, 0) is 15.5 Å². The van der Waals surface area contributed by atoms with Gasteiger partial charge in [-0.2, -0.15) is 0 Å². The Labute approximate surface area is 179 Å². The molecule has 0 aliphatic rings. The van der Waals surface area contributed by atoms with E-state index in [-0.39, 0.29) is 40.9 Å². The van der Waals surface area contributed by atoms with Crippen LogP contribution in [0, 0.1) is 16.4 Å². The molecule has 0 aliphatic carbocycles. The van der Waals surface area contributed by atoms with Gasteiger partial charge in [-0.15, -0.1) is 0 Å². The van der Waals surface area contributed by atoms with E-state index < -0.39 is 27.2 Å². The number of hydrogen-bond acceptors (Lipinski definition) is 6. The number of halogens is 3. The molecular formula is C21H23F3N4O2S. The molecule has 0 aliphatic heterocycles. The average molecular weight is 453 g/mol. The van der Waals surface area contributed by atoms with E-state index in [0.29, 0.717) is 11.8 Å². The fourth-order valence-corrected chi connectivity index (χ4v) is 3.54. The molecule has 166 valence electrons. The summed E-state index contributed by atoms with van der Waals surface area (Å²) in [5.41, 5.74) is 5.75. The van der Waals surface area contributed by atoms with Crippen molar-refractivity contribution in [2.45, 2.75) is 12.7 Å². The Bertz CT molecular complexity index is 1150. The molecule has 2 aromatic carbocycles. The summed E-state index contributed by atoms with van der Waals surface area (Å²) in [7, 11) is -2.88. The van der Waals surface area contributed by atoms with Gasteiger partial charge in [-0.05, 0) is 42.8 Å². The van der Waals surface area contributed by atoms with Crippen molar-refractivity contribution >= 4 is 21.1 Å². The van der Waals surface area contributed by atoms with Gasteiger partial charge in [-0.3, -0.25) is 4.78 Å². The summed E-state index contributed by atoms with van der Waals surface area (Å²) in [5, 5.41) is 2.73. The third kappa shape index (κ3) is 7.18. The summed E-state index contributed by atoms with van der Waals surface area (Å²) >= 11 is 0. The summed E-state index contributed by atoms with van der Waals surface area (Å²) in [6.07, 6.45) is 1.94. The predicted molar refractivity (Wildman–Crippen MR) is 117 cm³/mol. The Morgan fingerprint density at radius 2 is 2.00 bits per heavy atom. The minimum atomic E-state index is -2.88. The van der Waals surface area contributed by atoms with Gasteiger partial charge in [-0.1, -0.05) is 6.58 Å². The number of ether oxygens (including phenoxy) is 1. The number of nitrogens with zero attached hydrogens (tertiary/aromatic N) is 1. The first kappa shape index (κ1) is 24.0. The number of aliphatic imine (C=N–C) groups is 1. The second kappa shape index (κ2) is 10.2. The highest BCUT2D eigenvalue weighted by Crippen LogP contribution is 2.25. The van der Waals surface area contributed by atoms with Crippen LogP contribution < -0.4 is 15.8 Å². The van der Waals surface area contributed by atoms with Gasteiger partial charge in [0, 0.05) is 39.5 Å². The molecule has 0 aromatic heterocycles. The van der Waals surface area contributed by atoms with Gasteiger partial charge in [0.15, 0.2) is 5.83 Å². The monoisotopic (exact) mass is 452 g/mol. The summed E-state index contributed by atoms with van der Waals surface area (Å²) < 4.78 is 66.6. The zero-order valence-corrected chi connectivity index (χ0v) is 17.9. The Morgan fingerprint density at radius 1 is 1.29 bits per heavy atom. The van der Waals surface area contributed by atoms with Gasteiger partial charge < -0.3 is 15.8 Å². The zero-order valence-electron chi connectivity index (χ0n) is 17.0. The van der Waals surface area contributed by atoms with E-state index in [2.05, 4.69) is 16.9 Å². The molecule has 1 atom stereocenters. The van der Waals surface area contributed by atoms with Crippen LogP contribution in [0.5, 0.6) is 5.75 Å².